The molecule has 3 rings (SSSR count). The molecule has 2 aromatic carbocycles. The molecule has 0 radical (unpaired) electrons. The van der Waals surface area contributed by atoms with Crippen molar-refractivity contribution in [2.24, 2.45) is 4.99 Å². The van der Waals surface area contributed by atoms with Gasteiger partial charge in [-0.05, 0) is 47.9 Å². The number of ether oxygens (including phenoxy) is 1. The van der Waals surface area contributed by atoms with E-state index in [1.807, 2.05) is 6.07 Å². The van der Waals surface area contributed by atoms with Crippen LogP contribution in [-0.2, 0) is 16.0 Å². The third-order valence-corrected chi connectivity index (χ3v) is 3.59. The fourth-order valence-corrected chi connectivity index (χ4v) is 2.42. The highest BCUT2D eigenvalue weighted by molar-refractivity contribution is 6.30. The minimum atomic E-state index is -0.473. The average Bonchev–Trinajstić information content (AvgIpc) is 2.87. The molecule has 0 amide bonds. The number of hydrogen-bond acceptors (Lipinski definition) is 3. The van der Waals surface area contributed by atoms with Crippen molar-refractivity contribution in [3.8, 4) is 0 Å². The number of hydrogen-bond donors (Lipinski definition) is 0. The van der Waals surface area contributed by atoms with E-state index in [1.54, 1.807) is 36.4 Å². The van der Waals surface area contributed by atoms with E-state index in [0.29, 0.717) is 23.8 Å². The first-order valence-corrected chi connectivity index (χ1v) is 7.49. The molecule has 0 saturated heterocycles. The van der Waals surface area contributed by atoms with Crippen molar-refractivity contribution in [2.75, 3.05) is 0 Å². The van der Waals surface area contributed by atoms with Crippen LogP contribution in [0.15, 0.2) is 59.2 Å². The van der Waals surface area contributed by atoms with Gasteiger partial charge in [0.05, 0.1) is 0 Å². The third-order valence-electron chi connectivity index (χ3n) is 3.36. The van der Waals surface area contributed by atoms with Gasteiger partial charge in [0.1, 0.15) is 5.82 Å². The van der Waals surface area contributed by atoms with Crippen LogP contribution in [0.25, 0.3) is 6.08 Å². The van der Waals surface area contributed by atoms with Gasteiger partial charge < -0.3 is 4.74 Å². The first-order chi connectivity index (χ1) is 11.1. The van der Waals surface area contributed by atoms with Crippen LogP contribution >= 0.6 is 11.6 Å². The molecule has 0 unspecified atom stereocenters. The highest BCUT2D eigenvalue weighted by atomic mass is 35.5. The maximum Gasteiger partial charge on any atom is 0.363 e. The molecular weight excluding hydrogens is 317 g/mol. The maximum absolute atomic E-state index is 12.9. The zero-order chi connectivity index (χ0) is 16.2. The summed E-state index contributed by atoms with van der Waals surface area (Å²) in [6, 6.07) is 13.4. The molecule has 0 bridgehead atoms. The number of aliphatic imine (C=N–C) groups is 1. The lowest BCUT2D eigenvalue weighted by molar-refractivity contribution is -0.130. The van der Waals surface area contributed by atoms with E-state index in [-0.39, 0.29) is 11.5 Å². The Bertz CT molecular complexity index is 797. The molecule has 0 fully saturated rings. The highest BCUT2D eigenvalue weighted by Gasteiger charge is 2.22. The van der Waals surface area contributed by atoms with Crippen molar-refractivity contribution in [3.05, 3.63) is 76.2 Å². The van der Waals surface area contributed by atoms with Crippen LogP contribution in [0.3, 0.4) is 0 Å². The number of aryl methyl sites for hydroxylation is 1. The first-order valence-electron chi connectivity index (χ1n) is 7.11. The quantitative estimate of drug-likeness (QED) is 0.615. The van der Waals surface area contributed by atoms with Gasteiger partial charge in [-0.2, -0.15) is 0 Å². The fraction of sp³-hybridized carbons (Fsp3) is 0.111. The Morgan fingerprint density at radius 3 is 2.65 bits per heavy atom. The van der Waals surface area contributed by atoms with Crippen LogP contribution in [-0.4, -0.2) is 11.9 Å². The van der Waals surface area contributed by atoms with Gasteiger partial charge in [-0.3, -0.25) is 0 Å². The van der Waals surface area contributed by atoms with Gasteiger partial charge >= 0.3 is 5.97 Å². The van der Waals surface area contributed by atoms with Gasteiger partial charge in [-0.1, -0.05) is 35.9 Å². The molecule has 1 heterocycles. The summed E-state index contributed by atoms with van der Waals surface area (Å²) in [4.78, 5) is 16.1. The van der Waals surface area contributed by atoms with Crippen molar-refractivity contribution in [3.63, 3.8) is 0 Å². The molecule has 5 heteroatoms. The normalized spacial score (nSPS) is 15.7. The number of benzene rings is 2. The maximum atomic E-state index is 12.9. The van der Waals surface area contributed by atoms with Crippen LogP contribution in [0.1, 0.15) is 17.5 Å². The minimum absolute atomic E-state index is 0.251. The molecule has 0 aromatic heterocycles. The molecule has 2 aromatic rings. The summed E-state index contributed by atoms with van der Waals surface area (Å²) in [5.41, 5.74) is 1.99. The largest absolute Gasteiger partial charge is 0.407 e. The predicted octanol–water partition coefficient (Wildman–Crippen LogP) is 4.41. The predicted molar refractivity (Wildman–Crippen MR) is 87.7 cm³/mol. The van der Waals surface area contributed by atoms with Crippen molar-refractivity contribution in [1.29, 1.82) is 0 Å². The summed E-state index contributed by atoms with van der Waals surface area (Å²) >= 11 is 5.92. The van der Waals surface area contributed by atoms with E-state index in [1.165, 1.54) is 12.1 Å². The van der Waals surface area contributed by atoms with E-state index in [9.17, 15) is 9.18 Å². The zero-order valence-electron chi connectivity index (χ0n) is 12.1. The highest BCUT2D eigenvalue weighted by Crippen LogP contribution is 2.19. The van der Waals surface area contributed by atoms with Crippen molar-refractivity contribution < 1.29 is 13.9 Å². The Hall–Kier alpha value is -2.46. The van der Waals surface area contributed by atoms with Gasteiger partial charge in [0, 0.05) is 11.4 Å². The number of nitrogens with zero attached hydrogens (tertiary/aromatic N) is 1. The molecule has 23 heavy (non-hydrogen) atoms. The van der Waals surface area contributed by atoms with Gasteiger partial charge in [-0.15, -0.1) is 0 Å². The van der Waals surface area contributed by atoms with Gasteiger partial charge in [0.2, 0.25) is 0 Å². The Morgan fingerprint density at radius 1 is 1.13 bits per heavy atom. The summed E-state index contributed by atoms with van der Waals surface area (Å²) in [7, 11) is 0. The van der Waals surface area contributed by atoms with Crippen LogP contribution < -0.4 is 0 Å². The second-order valence-corrected chi connectivity index (χ2v) is 5.54. The summed E-state index contributed by atoms with van der Waals surface area (Å²) in [5.74, 6) is -0.378. The number of carbonyl (C=O) groups excluding carboxylic acids is 1. The Morgan fingerprint density at radius 2 is 1.91 bits per heavy atom. The van der Waals surface area contributed by atoms with Gasteiger partial charge in [0.15, 0.2) is 11.6 Å². The van der Waals surface area contributed by atoms with E-state index in [2.05, 4.69) is 4.99 Å². The van der Waals surface area contributed by atoms with E-state index in [0.717, 1.165) is 11.1 Å². The zero-order valence-corrected chi connectivity index (χ0v) is 12.9. The van der Waals surface area contributed by atoms with Crippen molar-refractivity contribution >= 4 is 29.5 Å². The Labute approximate surface area is 138 Å². The number of carbonyl (C=O) groups is 1. The average molecular weight is 330 g/mol. The Balaban J connectivity index is 1.70. The lowest BCUT2D eigenvalue weighted by atomic mass is 10.1. The van der Waals surface area contributed by atoms with Crippen LogP contribution in [0.2, 0.25) is 5.02 Å². The van der Waals surface area contributed by atoms with Gasteiger partial charge in [0.25, 0.3) is 0 Å². The topological polar surface area (TPSA) is 38.7 Å². The monoisotopic (exact) mass is 329 g/mol. The SMILES string of the molecule is O=C1OC(CCc2ccc(F)cc2)=N/C1=C/c1cccc(Cl)c1. The summed E-state index contributed by atoms with van der Waals surface area (Å²) in [5, 5.41) is 0.589. The summed E-state index contributed by atoms with van der Waals surface area (Å²) in [6.45, 7) is 0. The standard InChI is InChI=1S/C18H13ClFNO2/c19-14-3-1-2-13(10-14)11-16-18(22)23-17(21-16)9-6-12-4-7-15(20)8-5-12/h1-5,7-8,10-11H,6,9H2/b16-11+. The number of halogens is 2. The molecule has 3 nitrogen and oxygen atoms in total. The molecule has 1 aliphatic heterocycles. The fourth-order valence-electron chi connectivity index (χ4n) is 2.22. The van der Waals surface area contributed by atoms with E-state index in [4.69, 9.17) is 16.3 Å². The lowest BCUT2D eigenvalue weighted by Crippen LogP contribution is -2.05. The number of esters is 1. The number of rotatable bonds is 4. The molecule has 0 saturated carbocycles. The minimum Gasteiger partial charge on any atom is -0.407 e. The molecule has 116 valence electrons. The van der Waals surface area contributed by atoms with Crippen LogP contribution in [0.4, 0.5) is 4.39 Å². The van der Waals surface area contributed by atoms with Crippen molar-refractivity contribution in [2.45, 2.75) is 12.8 Å². The second-order valence-electron chi connectivity index (χ2n) is 5.11. The van der Waals surface area contributed by atoms with Crippen LogP contribution in [0.5, 0.6) is 0 Å². The lowest BCUT2D eigenvalue weighted by Gasteiger charge is -2.00. The van der Waals surface area contributed by atoms with Gasteiger partial charge in [-0.25, -0.2) is 14.2 Å². The van der Waals surface area contributed by atoms with E-state index < -0.39 is 5.97 Å². The molecular formula is C18H13ClFNO2. The Kier molecular flexibility index (Phi) is 4.53. The molecule has 1 aliphatic rings. The second kappa shape index (κ2) is 6.75. The first kappa shape index (κ1) is 15.4. The smallest absolute Gasteiger partial charge is 0.363 e. The number of cyclic esters (lactones) is 1. The summed E-state index contributed by atoms with van der Waals surface area (Å²) in [6.07, 6.45) is 2.74. The third kappa shape index (κ3) is 4.05. The molecule has 0 aliphatic carbocycles. The van der Waals surface area contributed by atoms with E-state index >= 15 is 0 Å². The van der Waals surface area contributed by atoms with Crippen molar-refractivity contribution in [1.82, 2.24) is 0 Å². The molecule has 0 spiro atoms. The molecule has 0 N–H and O–H groups in total. The molecule has 0 atom stereocenters. The summed E-state index contributed by atoms with van der Waals surface area (Å²) < 4.78 is 18.0. The van der Waals surface area contributed by atoms with Crippen LogP contribution in [0, 0.1) is 5.82 Å².